The molecular weight excluding hydrogens is 404 g/mol. The molecule has 1 unspecified atom stereocenters. The highest BCUT2D eigenvalue weighted by atomic mass is 16.5. The monoisotopic (exact) mass is 426 g/mol. The van der Waals surface area contributed by atoms with Crippen molar-refractivity contribution in [2.45, 2.75) is 26.4 Å². The standard InChI is InChI=1S/C26H22N2O4/c1-15-11-16(2)21-20(12-15)32-25-22(24(21)29)23(18-6-8-19(31-3)9-7-18)28(26(25)30)14-17-5-4-10-27-13-17/h4-13,23H,14H2,1-3H3. The zero-order valence-corrected chi connectivity index (χ0v) is 18.1. The lowest BCUT2D eigenvalue weighted by atomic mass is 9.96. The highest BCUT2D eigenvalue weighted by Gasteiger charge is 2.42. The van der Waals surface area contributed by atoms with Gasteiger partial charge in [-0.25, -0.2) is 0 Å². The highest BCUT2D eigenvalue weighted by molar-refractivity contribution is 5.99. The molecule has 2 aromatic heterocycles. The average molecular weight is 426 g/mol. The van der Waals surface area contributed by atoms with E-state index in [1.54, 1.807) is 24.4 Å². The van der Waals surface area contributed by atoms with Gasteiger partial charge in [-0.3, -0.25) is 14.6 Å². The molecule has 0 N–H and O–H groups in total. The molecule has 1 aliphatic rings. The molecule has 0 bridgehead atoms. The van der Waals surface area contributed by atoms with Crippen molar-refractivity contribution in [2.75, 3.05) is 7.11 Å². The van der Waals surface area contributed by atoms with E-state index in [9.17, 15) is 9.59 Å². The molecule has 1 aliphatic heterocycles. The molecule has 2 aromatic carbocycles. The number of ether oxygens (including phenoxy) is 1. The van der Waals surface area contributed by atoms with Gasteiger partial charge < -0.3 is 14.1 Å². The molecule has 6 heteroatoms. The number of fused-ring (bicyclic) bond motifs is 2. The second-order valence-corrected chi connectivity index (χ2v) is 8.10. The predicted octanol–water partition coefficient (Wildman–Crippen LogP) is 4.56. The lowest BCUT2D eigenvalue weighted by Crippen LogP contribution is -2.29. The van der Waals surface area contributed by atoms with Gasteiger partial charge in [0.25, 0.3) is 5.91 Å². The van der Waals surface area contributed by atoms with Gasteiger partial charge in [0, 0.05) is 18.9 Å². The Morgan fingerprint density at radius 1 is 1.09 bits per heavy atom. The van der Waals surface area contributed by atoms with Gasteiger partial charge in [-0.2, -0.15) is 0 Å². The van der Waals surface area contributed by atoms with Crippen molar-refractivity contribution in [3.05, 3.63) is 105 Å². The van der Waals surface area contributed by atoms with Crippen LogP contribution >= 0.6 is 0 Å². The molecule has 160 valence electrons. The zero-order chi connectivity index (χ0) is 22.4. The Hall–Kier alpha value is -3.93. The van der Waals surface area contributed by atoms with Crippen molar-refractivity contribution < 1.29 is 13.9 Å². The number of nitrogens with zero attached hydrogens (tertiary/aromatic N) is 2. The normalized spacial score (nSPS) is 15.3. The van der Waals surface area contributed by atoms with Crippen LogP contribution in [0.1, 0.15) is 44.4 Å². The van der Waals surface area contributed by atoms with E-state index < -0.39 is 6.04 Å². The minimum Gasteiger partial charge on any atom is -0.497 e. The van der Waals surface area contributed by atoms with Crippen LogP contribution in [0.3, 0.4) is 0 Å². The number of carbonyl (C=O) groups is 1. The van der Waals surface area contributed by atoms with Crippen molar-refractivity contribution in [3.63, 3.8) is 0 Å². The van der Waals surface area contributed by atoms with Crippen molar-refractivity contribution in [1.29, 1.82) is 0 Å². The molecule has 32 heavy (non-hydrogen) atoms. The van der Waals surface area contributed by atoms with E-state index >= 15 is 0 Å². The lowest BCUT2D eigenvalue weighted by Gasteiger charge is -2.25. The third kappa shape index (κ3) is 3.15. The number of benzene rings is 2. The number of hydrogen-bond donors (Lipinski definition) is 0. The van der Waals surface area contributed by atoms with Crippen molar-refractivity contribution in [3.8, 4) is 5.75 Å². The summed E-state index contributed by atoms with van der Waals surface area (Å²) in [5.74, 6) is 0.508. The molecule has 3 heterocycles. The van der Waals surface area contributed by atoms with Crippen LogP contribution in [0.15, 0.2) is 70.1 Å². The Morgan fingerprint density at radius 2 is 1.88 bits per heavy atom. The van der Waals surface area contributed by atoms with Gasteiger partial charge in [0.05, 0.1) is 24.1 Å². The predicted molar refractivity (Wildman–Crippen MR) is 121 cm³/mol. The molecule has 0 spiro atoms. The summed E-state index contributed by atoms with van der Waals surface area (Å²) < 4.78 is 11.4. The van der Waals surface area contributed by atoms with E-state index in [4.69, 9.17) is 9.15 Å². The van der Waals surface area contributed by atoms with E-state index in [-0.39, 0.29) is 17.1 Å². The molecule has 0 saturated carbocycles. The van der Waals surface area contributed by atoms with Gasteiger partial charge in [-0.05, 0) is 60.4 Å². The third-order valence-corrected chi connectivity index (χ3v) is 5.92. The Morgan fingerprint density at radius 3 is 2.56 bits per heavy atom. The second-order valence-electron chi connectivity index (χ2n) is 8.10. The maximum absolute atomic E-state index is 13.7. The Balaban J connectivity index is 1.74. The summed E-state index contributed by atoms with van der Waals surface area (Å²) in [5, 5.41) is 0.517. The fraction of sp³-hybridized carbons (Fsp3) is 0.192. The van der Waals surface area contributed by atoms with E-state index in [0.717, 1.165) is 22.3 Å². The minimum atomic E-state index is -0.565. The summed E-state index contributed by atoms with van der Waals surface area (Å²) in [6.07, 6.45) is 3.41. The number of aryl methyl sites for hydroxylation is 2. The first-order valence-electron chi connectivity index (χ1n) is 10.4. The molecule has 0 radical (unpaired) electrons. The van der Waals surface area contributed by atoms with Crippen LogP contribution in [0.4, 0.5) is 0 Å². The second kappa shape index (κ2) is 7.64. The largest absolute Gasteiger partial charge is 0.497 e. The van der Waals surface area contributed by atoms with Gasteiger partial charge in [0.1, 0.15) is 11.3 Å². The quantitative estimate of drug-likeness (QED) is 0.478. The number of hydrogen-bond acceptors (Lipinski definition) is 5. The molecule has 4 aromatic rings. The highest BCUT2D eigenvalue weighted by Crippen LogP contribution is 2.39. The lowest BCUT2D eigenvalue weighted by molar-refractivity contribution is 0.0714. The molecule has 1 amide bonds. The van der Waals surface area contributed by atoms with Crippen molar-refractivity contribution >= 4 is 16.9 Å². The number of pyridine rings is 1. The fourth-order valence-electron chi connectivity index (χ4n) is 4.50. The SMILES string of the molecule is COc1ccc(C2c3c(oc4cc(C)cc(C)c4c3=O)C(=O)N2Cc2cccnc2)cc1. The van der Waals surface area contributed by atoms with E-state index in [1.165, 1.54) is 0 Å². The minimum absolute atomic E-state index is 0.109. The Bertz CT molecular complexity index is 1390. The Kier molecular flexibility index (Phi) is 4.78. The summed E-state index contributed by atoms with van der Waals surface area (Å²) in [4.78, 5) is 33.1. The van der Waals surface area contributed by atoms with Crippen LogP contribution in [-0.4, -0.2) is 22.9 Å². The van der Waals surface area contributed by atoms with E-state index in [0.29, 0.717) is 28.8 Å². The summed E-state index contributed by atoms with van der Waals surface area (Å²) in [7, 11) is 1.60. The van der Waals surface area contributed by atoms with Crippen LogP contribution in [-0.2, 0) is 6.54 Å². The van der Waals surface area contributed by atoms with Crippen molar-refractivity contribution in [1.82, 2.24) is 9.88 Å². The van der Waals surface area contributed by atoms with Crippen molar-refractivity contribution in [2.24, 2.45) is 0 Å². The Labute approximate surface area is 185 Å². The van der Waals surface area contributed by atoms with Crippen LogP contribution in [0.2, 0.25) is 0 Å². The first kappa shape index (κ1) is 20.0. The smallest absolute Gasteiger partial charge is 0.291 e. The van der Waals surface area contributed by atoms with Gasteiger partial charge in [-0.15, -0.1) is 0 Å². The number of aromatic nitrogens is 1. The molecule has 6 nitrogen and oxygen atoms in total. The summed E-state index contributed by atoms with van der Waals surface area (Å²) in [6.45, 7) is 4.14. The summed E-state index contributed by atoms with van der Waals surface area (Å²) >= 11 is 0. The van der Waals surface area contributed by atoms with Gasteiger partial charge in [0.15, 0.2) is 5.43 Å². The first-order chi connectivity index (χ1) is 15.5. The molecule has 0 saturated heterocycles. The van der Waals surface area contributed by atoms with Crippen LogP contribution in [0.5, 0.6) is 5.75 Å². The number of carbonyl (C=O) groups excluding carboxylic acids is 1. The van der Waals surface area contributed by atoms with Gasteiger partial charge in [0.2, 0.25) is 5.76 Å². The number of amides is 1. The fourth-order valence-corrected chi connectivity index (χ4v) is 4.50. The molecule has 0 fully saturated rings. The maximum atomic E-state index is 13.7. The van der Waals surface area contributed by atoms with Gasteiger partial charge in [-0.1, -0.05) is 24.3 Å². The average Bonchev–Trinajstić information content (AvgIpc) is 3.06. The van der Waals surface area contributed by atoms with Gasteiger partial charge >= 0.3 is 0 Å². The zero-order valence-electron chi connectivity index (χ0n) is 18.1. The summed E-state index contributed by atoms with van der Waals surface area (Å²) in [5.41, 5.74) is 4.15. The topological polar surface area (TPSA) is 72.6 Å². The number of rotatable bonds is 4. The van der Waals surface area contributed by atoms with E-state index in [2.05, 4.69) is 4.98 Å². The molecule has 0 aliphatic carbocycles. The van der Waals surface area contributed by atoms with E-state index in [1.807, 2.05) is 62.4 Å². The maximum Gasteiger partial charge on any atom is 0.291 e. The third-order valence-electron chi connectivity index (χ3n) is 5.92. The van der Waals surface area contributed by atoms with Crippen LogP contribution in [0.25, 0.3) is 11.0 Å². The molecule has 1 atom stereocenters. The molecule has 5 rings (SSSR count). The summed E-state index contributed by atoms with van der Waals surface area (Å²) in [6, 6.07) is 14.4. The first-order valence-corrected chi connectivity index (χ1v) is 10.4. The van der Waals surface area contributed by atoms with Crippen LogP contribution < -0.4 is 10.2 Å². The molecular formula is C26H22N2O4. The van der Waals surface area contributed by atoms with Crippen LogP contribution in [0, 0.1) is 13.8 Å². The number of methoxy groups -OCH3 is 1.